The lowest BCUT2D eigenvalue weighted by Gasteiger charge is -2.23. The van der Waals surface area contributed by atoms with E-state index in [2.05, 4.69) is 6.92 Å². The van der Waals surface area contributed by atoms with E-state index in [4.69, 9.17) is 25.8 Å². The maximum Gasteiger partial charge on any atom is 0.205 e. The van der Waals surface area contributed by atoms with Gasteiger partial charge in [0.1, 0.15) is 0 Å². The number of halogens is 1. The number of methoxy groups -OCH3 is 3. The predicted molar refractivity (Wildman–Crippen MR) is 96.4 cm³/mol. The summed E-state index contributed by atoms with van der Waals surface area (Å²) in [5.74, 6) is 0.128. The molecule has 0 aliphatic heterocycles. The van der Waals surface area contributed by atoms with Crippen molar-refractivity contribution in [1.29, 1.82) is 0 Å². The zero-order chi connectivity index (χ0) is 18.6. The highest BCUT2D eigenvalue weighted by Gasteiger charge is 2.36. The molecule has 1 aliphatic rings. The monoisotopic (exact) mass is 366 g/mol. The lowest BCUT2D eigenvalue weighted by atomic mass is 9.85. The average molecular weight is 367 g/mol. The molecule has 0 radical (unpaired) electrons. The van der Waals surface area contributed by atoms with Crippen molar-refractivity contribution in [3.63, 3.8) is 0 Å². The lowest BCUT2D eigenvalue weighted by molar-refractivity contribution is 0.0973. The highest BCUT2D eigenvalue weighted by molar-refractivity contribution is 6.50. The van der Waals surface area contributed by atoms with Crippen LogP contribution < -0.4 is 14.2 Å². The average Bonchev–Trinajstić information content (AvgIpc) is 2.63. The van der Waals surface area contributed by atoms with Crippen LogP contribution in [0.4, 0.5) is 0 Å². The van der Waals surface area contributed by atoms with Gasteiger partial charge in [-0.15, -0.1) is 0 Å². The third-order valence-electron chi connectivity index (χ3n) is 4.32. The van der Waals surface area contributed by atoms with Gasteiger partial charge in [0.25, 0.3) is 0 Å². The van der Waals surface area contributed by atoms with E-state index in [1.807, 2.05) is 0 Å². The minimum Gasteiger partial charge on any atom is -0.493 e. The van der Waals surface area contributed by atoms with Crippen molar-refractivity contribution in [2.75, 3.05) is 21.3 Å². The van der Waals surface area contributed by atoms with Crippen LogP contribution >= 0.6 is 11.6 Å². The summed E-state index contributed by atoms with van der Waals surface area (Å²) in [6.07, 6.45) is 4.44. The minimum absolute atomic E-state index is 0.0109. The molecule has 0 aromatic heterocycles. The van der Waals surface area contributed by atoms with Crippen LogP contribution in [0.5, 0.6) is 17.2 Å². The summed E-state index contributed by atoms with van der Waals surface area (Å²) in [6, 6.07) is 1.48. The molecule has 0 spiro atoms. The summed E-state index contributed by atoms with van der Waals surface area (Å²) in [5, 5.41) is -0.0109. The Balaban J connectivity index is 2.52. The second-order valence-electron chi connectivity index (χ2n) is 5.83. The summed E-state index contributed by atoms with van der Waals surface area (Å²) < 4.78 is 16.0. The Kier molecular flexibility index (Phi) is 6.48. The SMILES string of the molecule is CCCCCCC1=C(Cl)C(=O)c2cc(OC)c(OC)c(OC)c2C1=O. The first-order valence-corrected chi connectivity index (χ1v) is 8.70. The number of unbranched alkanes of at least 4 members (excludes halogenated alkanes) is 3. The van der Waals surface area contributed by atoms with Crippen LogP contribution in [0.3, 0.4) is 0 Å². The van der Waals surface area contributed by atoms with Crippen molar-refractivity contribution in [3.8, 4) is 17.2 Å². The van der Waals surface area contributed by atoms with Gasteiger partial charge in [0, 0.05) is 11.1 Å². The van der Waals surface area contributed by atoms with Gasteiger partial charge < -0.3 is 14.2 Å². The van der Waals surface area contributed by atoms with Crippen LogP contribution in [-0.4, -0.2) is 32.9 Å². The highest BCUT2D eigenvalue weighted by atomic mass is 35.5. The van der Waals surface area contributed by atoms with Gasteiger partial charge in [0.05, 0.1) is 31.9 Å². The molecule has 2 rings (SSSR count). The van der Waals surface area contributed by atoms with Gasteiger partial charge in [-0.3, -0.25) is 9.59 Å². The quantitative estimate of drug-likeness (QED) is 0.631. The Morgan fingerprint density at radius 2 is 1.60 bits per heavy atom. The molecule has 0 atom stereocenters. The molecule has 0 bridgehead atoms. The van der Waals surface area contributed by atoms with Gasteiger partial charge >= 0.3 is 0 Å². The van der Waals surface area contributed by atoms with Crippen LogP contribution in [0, 0.1) is 0 Å². The van der Waals surface area contributed by atoms with E-state index >= 15 is 0 Å². The number of allylic oxidation sites excluding steroid dienone is 2. The Morgan fingerprint density at radius 3 is 2.16 bits per heavy atom. The van der Waals surface area contributed by atoms with Crippen LogP contribution in [0.25, 0.3) is 0 Å². The molecule has 1 aliphatic carbocycles. The Labute approximate surface area is 152 Å². The number of rotatable bonds is 8. The van der Waals surface area contributed by atoms with Gasteiger partial charge in [-0.1, -0.05) is 37.8 Å². The van der Waals surface area contributed by atoms with E-state index in [0.717, 1.165) is 25.7 Å². The van der Waals surface area contributed by atoms with Crippen molar-refractivity contribution in [2.45, 2.75) is 39.0 Å². The van der Waals surface area contributed by atoms with Gasteiger partial charge in [-0.05, 0) is 18.9 Å². The second kappa shape index (κ2) is 8.39. The molecule has 25 heavy (non-hydrogen) atoms. The summed E-state index contributed by atoms with van der Waals surface area (Å²) in [6.45, 7) is 2.11. The topological polar surface area (TPSA) is 61.8 Å². The van der Waals surface area contributed by atoms with Crippen molar-refractivity contribution in [1.82, 2.24) is 0 Å². The van der Waals surface area contributed by atoms with E-state index < -0.39 is 0 Å². The maximum absolute atomic E-state index is 13.0. The van der Waals surface area contributed by atoms with E-state index in [1.54, 1.807) is 0 Å². The number of ketones is 2. The standard InChI is InChI=1S/C19H23ClO5/c1-5-6-7-8-9-11-15(20)17(22)12-10-13(23-2)18(24-3)19(25-4)14(12)16(11)21/h10H,5-9H2,1-4H3. The number of Topliss-reactive ketones (excluding diaryl/α,β-unsaturated/α-hetero) is 2. The Morgan fingerprint density at radius 1 is 0.920 bits per heavy atom. The molecule has 6 heteroatoms. The zero-order valence-electron chi connectivity index (χ0n) is 15.0. The normalized spacial score (nSPS) is 13.8. The molecule has 0 saturated heterocycles. The fourth-order valence-electron chi connectivity index (χ4n) is 3.02. The molecule has 0 fully saturated rings. The molecule has 5 nitrogen and oxygen atoms in total. The highest BCUT2D eigenvalue weighted by Crippen LogP contribution is 2.46. The number of carbonyl (C=O) groups is 2. The molecule has 0 unspecified atom stereocenters. The van der Waals surface area contributed by atoms with E-state index in [1.165, 1.54) is 27.4 Å². The van der Waals surface area contributed by atoms with Gasteiger partial charge in [-0.25, -0.2) is 0 Å². The summed E-state index contributed by atoms with van der Waals surface area (Å²) in [4.78, 5) is 25.7. The zero-order valence-corrected chi connectivity index (χ0v) is 15.8. The molecule has 0 N–H and O–H groups in total. The number of hydrogen-bond donors (Lipinski definition) is 0. The first-order chi connectivity index (χ1) is 12.0. The minimum atomic E-state index is -0.388. The second-order valence-corrected chi connectivity index (χ2v) is 6.21. The van der Waals surface area contributed by atoms with Crippen LogP contribution in [0.15, 0.2) is 16.7 Å². The van der Waals surface area contributed by atoms with Crippen LogP contribution in [-0.2, 0) is 0 Å². The third-order valence-corrected chi connectivity index (χ3v) is 4.72. The maximum atomic E-state index is 13.0. The summed E-state index contributed by atoms with van der Waals surface area (Å²) >= 11 is 6.23. The van der Waals surface area contributed by atoms with Crippen molar-refractivity contribution in [3.05, 3.63) is 27.8 Å². The third kappa shape index (κ3) is 3.52. The van der Waals surface area contributed by atoms with Crippen molar-refractivity contribution < 1.29 is 23.8 Å². The van der Waals surface area contributed by atoms with Crippen LogP contribution in [0.1, 0.15) is 59.7 Å². The number of hydrogen-bond acceptors (Lipinski definition) is 5. The first-order valence-electron chi connectivity index (χ1n) is 8.32. The Hall–Kier alpha value is -2.01. The van der Waals surface area contributed by atoms with Gasteiger partial charge in [0.2, 0.25) is 11.5 Å². The molecule has 0 heterocycles. The smallest absolute Gasteiger partial charge is 0.205 e. The molecule has 1 aromatic rings. The fraction of sp³-hybridized carbons (Fsp3) is 0.474. The summed E-state index contributed by atoms with van der Waals surface area (Å²) in [5.41, 5.74) is 0.725. The number of ether oxygens (including phenoxy) is 3. The Bertz CT molecular complexity index is 721. The predicted octanol–water partition coefficient (Wildman–Crippen LogP) is 4.55. The van der Waals surface area contributed by atoms with Crippen molar-refractivity contribution in [2.24, 2.45) is 0 Å². The van der Waals surface area contributed by atoms with E-state index in [-0.39, 0.29) is 39.2 Å². The van der Waals surface area contributed by atoms with E-state index in [0.29, 0.717) is 17.7 Å². The van der Waals surface area contributed by atoms with Crippen LogP contribution in [0.2, 0.25) is 0 Å². The fourth-order valence-corrected chi connectivity index (χ4v) is 3.30. The number of carbonyl (C=O) groups excluding carboxylic acids is 2. The molecule has 136 valence electrons. The molecule has 0 amide bonds. The lowest BCUT2D eigenvalue weighted by Crippen LogP contribution is -2.21. The molecular weight excluding hydrogens is 344 g/mol. The largest absolute Gasteiger partial charge is 0.493 e. The first kappa shape index (κ1) is 19.3. The molecule has 1 aromatic carbocycles. The molecular formula is C19H23ClO5. The summed E-state index contributed by atoms with van der Waals surface area (Å²) in [7, 11) is 4.34. The van der Waals surface area contributed by atoms with Gasteiger partial charge in [-0.2, -0.15) is 0 Å². The number of benzene rings is 1. The van der Waals surface area contributed by atoms with Crippen molar-refractivity contribution >= 4 is 23.2 Å². The molecule has 0 saturated carbocycles. The number of fused-ring (bicyclic) bond motifs is 1. The van der Waals surface area contributed by atoms with Gasteiger partial charge in [0.15, 0.2) is 17.3 Å². The van der Waals surface area contributed by atoms with E-state index in [9.17, 15) is 9.59 Å².